The number of hydrogen-bond donors (Lipinski definition) is 2. The van der Waals surface area contributed by atoms with Gasteiger partial charge >= 0.3 is 5.97 Å². The van der Waals surface area contributed by atoms with E-state index in [1.165, 1.54) is 5.56 Å². The zero-order chi connectivity index (χ0) is 15.6. The van der Waals surface area contributed by atoms with E-state index < -0.39 is 12.0 Å². The first-order valence-corrected chi connectivity index (χ1v) is 7.02. The number of aliphatic carboxylic acids is 1. The van der Waals surface area contributed by atoms with Gasteiger partial charge < -0.3 is 10.4 Å². The van der Waals surface area contributed by atoms with Crippen LogP contribution in [0, 0.1) is 27.7 Å². The van der Waals surface area contributed by atoms with E-state index in [0.717, 1.165) is 27.9 Å². The Morgan fingerprint density at radius 2 is 1.67 bits per heavy atom. The number of carbonyl (C=O) groups is 1. The van der Waals surface area contributed by atoms with E-state index in [0.29, 0.717) is 0 Å². The maximum Gasteiger partial charge on any atom is 0.330 e. The molecule has 0 amide bonds. The minimum Gasteiger partial charge on any atom is -0.479 e. The Hall–Kier alpha value is -2.29. The summed E-state index contributed by atoms with van der Waals surface area (Å²) in [6.45, 7) is 7.98. The number of nitrogens with one attached hydrogen (secondary N) is 1. The molecule has 0 aliphatic heterocycles. The summed E-state index contributed by atoms with van der Waals surface area (Å²) in [4.78, 5) is 11.7. The molecule has 0 spiro atoms. The summed E-state index contributed by atoms with van der Waals surface area (Å²) >= 11 is 0. The Labute approximate surface area is 125 Å². The van der Waals surface area contributed by atoms with Crippen molar-refractivity contribution < 1.29 is 9.90 Å². The van der Waals surface area contributed by atoms with Crippen molar-refractivity contribution in [3.8, 4) is 0 Å². The Kier molecular flexibility index (Phi) is 4.32. The summed E-state index contributed by atoms with van der Waals surface area (Å²) in [6, 6.07) is 11.0. The van der Waals surface area contributed by atoms with E-state index in [2.05, 4.69) is 5.32 Å². The van der Waals surface area contributed by atoms with Gasteiger partial charge in [-0.25, -0.2) is 4.79 Å². The predicted molar refractivity (Wildman–Crippen MR) is 85.8 cm³/mol. The summed E-state index contributed by atoms with van der Waals surface area (Å²) in [7, 11) is 0. The lowest BCUT2D eigenvalue weighted by molar-refractivity contribution is -0.138. The van der Waals surface area contributed by atoms with Crippen molar-refractivity contribution in [3.63, 3.8) is 0 Å². The largest absolute Gasteiger partial charge is 0.479 e. The molecule has 0 saturated carbocycles. The van der Waals surface area contributed by atoms with Gasteiger partial charge in [-0.05, 0) is 67.6 Å². The molecule has 21 heavy (non-hydrogen) atoms. The number of hydrogen-bond acceptors (Lipinski definition) is 2. The van der Waals surface area contributed by atoms with Crippen LogP contribution in [0.25, 0.3) is 0 Å². The molecule has 0 aromatic heterocycles. The number of aryl methyl sites for hydroxylation is 4. The molecule has 0 heterocycles. The van der Waals surface area contributed by atoms with Crippen LogP contribution in [0.4, 0.5) is 5.69 Å². The van der Waals surface area contributed by atoms with Crippen molar-refractivity contribution >= 4 is 11.7 Å². The number of carboxylic acid groups (broad SMARTS) is 1. The van der Waals surface area contributed by atoms with Crippen LogP contribution in [-0.4, -0.2) is 11.1 Å². The molecule has 0 aliphatic carbocycles. The molecule has 1 unspecified atom stereocenters. The lowest BCUT2D eigenvalue weighted by Crippen LogP contribution is -2.21. The van der Waals surface area contributed by atoms with Gasteiger partial charge in [0, 0.05) is 5.69 Å². The summed E-state index contributed by atoms with van der Waals surface area (Å²) in [5.74, 6) is -0.872. The van der Waals surface area contributed by atoms with E-state index in [-0.39, 0.29) is 0 Å². The van der Waals surface area contributed by atoms with Gasteiger partial charge in [0.1, 0.15) is 0 Å². The zero-order valence-corrected chi connectivity index (χ0v) is 12.9. The van der Waals surface area contributed by atoms with Gasteiger partial charge in [0.2, 0.25) is 0 Å². The first kappa shape index (κ1) is 15.1. The molecule has 0 fully saturated rings. The Morgan fingerprint density at radius 1 is 1.00 bits per heavy atom. The second kappa shape index (κ2) is 6.00. The first-order valence-electron chi connectivity index (χ1n) is 7.02. The van der Waals surface area contributed by atoms with E-state index in [1.54, 1.807) is 0 Å². The lowest BCUT2D eigenvalue weighted by Gasteiger charge is -2.20. The number of benzene rings is 2. The van der Waals surface area contributed by atoms with Crippen LogP contribution in [0.3, 0.4) is 0 Å². The van der Waals surface area contributed by atoms with Crippen LogP contribution in [-0.2, 0) is 4.79 Å². The second-order valence-electron chi connectivity index (χ2n) is 5.58. The van der Waals surface area contributed by atoms with Gasteiger partial charge in [-0.1, -0.05) is 24.3 Å². The minimum atomic E-state index is -0.872. The maximum atomic E-state index is 11.7. The fourth-order valence-electron chi connectivity index (χ4n) is 2.47. The average molecular weight is 283 g/mol. The van der Waals surface area contributed by atoms with Crippen molar-refractivity contribution in [1.29, 1.82) is 0 Å². The molecule has 0 aliphatic rings. The smallest absolute Gasteiger partial charge is 0.330 e. The maximum absolute atomic E-state index is 11.7. The molecule has 3 nitrogen and oxygen atoms in total. The van der Waals surface area contributed by atoms with E-state index in [1.807, 2.05) is 64.1 Å². The molecule has 110 valence electrons. The van der Waals surface area contributed by atoms with E-state index in [9.17, 15) is 9.90 Å². The minimum absolute atomic E-state index is 0.744. The van der Waals surface area contributed by atoms with Gasteiger partial charge in [0.05, 0.1) is 0 Å². The van der Waals surface area contributed by atoms with Crippen molar-refractivity contribution in [3.05, 3.63) is 64.2 Å². The van der Waals surface area contributed by atoms with Crippen LogP contribution in [0.5, 0.6) is 0 Å². The lowest BCUT2D eigenvalue weighted by atomic mass is 9.95. The molecule has 2 aromatic rings. The van der Waals surface area contributed by atoms with Gasteiger partial charge in [-0.2, -0.15) is 0 Å². The quantitative estimate of drug-likeness (QED) is 0.886. The highest BCUT2D eigenvalue weighted by Gasteiger charge is 2.22. The van der Waals surface area contributed by atoms with Gasteiger partial charge in [0.25, 0.3) is 0 Å². The molecular weight excluding hydrogens is 262 g/mol. The Balaban J connectivity index is 2.40. The second-order valence-corrected chi connectivity index (χ2v) is 5.58. The zero-order valence-electron chi connectivity index (χ0n) is 12.9. The molecule has 3 heteroatoms. The summed E-state index contributed by atoms with van der Waals surface area (Å²) in [5.41, 5.74) is 6.00. The Bertz CT molecular complexity index is 677. The number of rotatable bonds is 4. The highest BCUT2D eigenvalue weighted by molar-refractivity contribution is 5.80. The topological polar surface area (TPSA) is 49.3 Å². The molecule has 1 atom stereocenters. The third-order valence-corrected chi connectivity index (χ3v) is 3.77. The van der Waals surface area contributed by atoms with Crippen molar-refractivity contribution in [1.82, 2.24) is 0 Å². The molecular formula is C18H21NO2. The van der Waals surface area contributed by atoms with Crippen molar-refractivity contribution in [2.45, 2.75) is 33.7 Å². The monoisotopic (exact) mass is 283 g/mol. The van der Waals surface area contributed by atoms with Crippen molar-refractivity contribution in [2.24, 2.45) is 0 Å². The van der Waals surface area contributed by atoms with Crippen LogP contribution >= 0.6 is 0 Å². The fourth-order valence-corrected chi connectivity index (χ4v) is 2.47. The molecule has 0 radical (unpaired) electrons. The SMILES string of the molecule is Cc1cccc(NC(C(=O)O)c2cc(C)c(C)cc2C)c1. The molecule has 2 rings (SSSR count). The average Bonchev–Trinajstić information content (AvgIpc) is 2.40. The highest BCUT2D eigenvalue weighted by atomic mass is 16.4. The third-order valence-electron chi connectivity index (χ3n) is 3.77. The van der Waals surface area contributed by atoms with Crippen LogP contribution in [0.15, 0.2) is 36.4 Å². The van der Waals surface area contributed by atoms with Crippen LogP contribution in [0.1, 0.15) is 33.9 Å². The standard InChI is InChI=1S/C18H21NO2/c1-11-6-5-7-15(8-11)19-17(18(20)21)16-10-13(3)12(2)9-14(16)4/h5-10,17,19H,1-4H3,(H,20,21). The fraction of sp³-hybridized carbons (Fsp3) is 0.278. The Morgan fingerprint density at radius 3 is 2.29 bits per heavy atom. The van der Waals surface area contributed by atoms with Crippen molar-refractivity contribution in [2.75, 3.05) is 5.32 Å². The molecule has 2 aromatic carbocycles. The van der Waals surface area contributed by atoms with Gasteiger partial charge in [-0.3, -0.25) is 0 Å². The number of carboxylic acids is 1. The predicted octanol–water partition coefficient (Wildman–Crippen LogP) is 4.16. The van der Waals surface area contributed by atoms with Gasteiger partial charge in [-0.15, -0.1) is 0 Å². The van der Waals surface area contributed by atoms with E-state index >= 15 is 0 Å². The molecule has 0 saturated heterocycles. The van der Waals surface area contributed by atoms with Gasteiger partial charge in [0.15, 0.2) is 6.04 Å². The normalized spacial score (nSPS) is 12.0. The third kappa shape index (κ3) is 3.43. The molecule has 0 bridgehead atoms. The van der Waals surface area contributed by atoms with Crippen LogP contribution < -0.4 is 5.32 Å². The van der Waals surface area contributed by atoms with Crippen LogP contribution in [0.2, 0.25) is 0 Å². The summed E-state index contributed by atoms with van der Waals surface area (Å²) < 4.78 is 0. The highest BCUT2D eigenvalue weighted by Crippen LogP contribution is 2.26. The number of anilines is 1. The summed E-state index contributed by atoms with van der Waals surface area (Å²) in [5, 5.41) is 12.7. The van der Waals surface area contributed by atoms with E-state index in [4.69, 9.17) is 0 Å². The molecule has 2 N–H and O–H groups in total. The first-order chi connectivity index (χ1) is 9.88. The summed E-state index contributed by atoms with van der Waals surface area (Å²) in [6.07, 6.45) is 0.